The molecule has 1 aliphatic heterocycles. The highest BCUT2D eigenvalue weighted by atomic mass is 16.5. The highest BCUT2D eigenvalue weighted by molar-refractivity contribution is 5.81. The van der Waals surface area contributed by atoms with Crippen LogP contribution in [0.25, 0.3) is 0 Å². The van der Waals surface area contributed by atoms with Crippen LogP contribution in [-0.2, 0) is 4.79 Å². The number of rotatable bonds is 4. The van der Waals surface area contributed by atoms with E-state index in [0.717, 1.165) is 37.5 Å². The third-order valence-electron chi connectivity index (χ3n) is 3.82. The molecule has 0 radical (unpaired) electrons. The molecule has 20 heavy (non-hydrogen) atoms. The summed E-state index contributed by atoms with van der Waals surface area (Å²) in [4.78, 5) is 16.7. The number of benzene rings is 1. The van der Waals surface area contributed by atoms with Crippen LogP contribution in [0.15, 0.2) is 24.3 Å². The number of aryl methyl sites for hydroxylation is 1. The van der Waals surface area contributed by atoms with Crippen molar-refractivity contribution in [3.8, 4) is 5.75 Å². The molecule has 1 fully saturated rings. The monoisotopic (exact) mass is 276 g/mol. The van der Waals surface area contributed by atoms with Crippen molar-refractivity contribution in [2.45, 2.75) is 26.4 Å². The molecule has 2 rings (SSSR count). The topological polar surface area (TPSA) is 32.8 Å². The molecule has 110 valence electrons. The van der Waals surface area contributed by atoms with E-state index in [-0.39, 0.29) is 12.0 Å². The van der Waals surface area contributed by atoms with Crippen molar-refractivity contribution in [2.24, 2.45) is 0 Å². The van der Waals surface area contributed by atoms with Crippen molar-refractivity contribution in [3.63, 3.8) is 0 Å². The molecule has 0 unspecified atom stereocenters. The van der Waals surface area contributed by atoms with Gasteiger partial charge in [0.15, 0.2) is 6.10 Å². The second-order valence-electron chi connectivity index (χ2n) is 5.41. The van der Waals surface area contributed by atoms with E-state index in [1.165, 1.54) is 0 Å². The van der Waals surface area contributed by atoms with Crippen LogP contribution in [-0.4, -0.2) is 55.0 Å². The lowest BCUT2D eigenvalue weighted by Crippen LogP contribution is -2.51. The van der Waals surface area contributed by atoms with Crippen LogP contribution in [0.2, 0.25) is 0 Å². The average molecular weight is 276 g/mol. The molecule has 4 nitrogen and oxygen atoms in total. The van der Waals surface area contributed by atoms with Gasteiger partial charge in [0.2, 0.25) is 0 Å². The van der Waals surface area contributed by atoms with Gasteiger partial charge >= 0.3 is 0 Å². The molecule has 0 saturated carbocycles. The van der Waals surface area contributed by atoms with E-state index in [2.05, 4.69) is 11.9 Å². The van der Waals surface area contributed by atoms with Crippen molar-refractivity contribution in [2.75, 3.05) is 33.2 Å². The van der Waals surface area contributed by atoms with Gasteiger partial charge in [-0.05, 0) is 32.0 Å². The number of nitrogens with zero attached hydrogens (tertiary/aromatic N) is 2. The maximum Gasteiger partial charge on any atom is 0.263 e. The molecule has 1 heterocycles. The summed E-state index contributed by atoms with van der Waals surface area (Å²) in [7, 11) is 2.09. The number of hydrogen-bond acceptors (Lipinski definition) is 3. The number of piperazine rings is 1. The molecule has 1 amide bonds. The van der Waals surface area contributed by atoms with Crippen LogP contribution in [0.1, 0.15) is 18.9 Å². The molecular weight excluding hydrogens is 252 g/mol. The van der Waals surface area contributed by atoms with Crippen LogP contribution >= 0.6 is 0 Å². The van der Waals surface area contributed by atoms with Crippen LogP contribution in [0.3, 0.4) is 0 Å². The summed E-state index contributed by atoms with van der Waals surface area (Å²) in [5.74, 6) is 0.922. The van der Waals surface area contributed by atoms with Crippen LogP contribution in [0.4, 0.5) is 0 Å². The molecule has 1 aromatic rings. The summed E-state index contributed by atoms with van der Waals surface area (Å²) in [5, 5.41) is 0. The number of para-hydroxylation sites is 1. The summed E-state index contributed by atoms with van der Waals surface area (Å²) >= 11 is 0. The molecule has 0 aromatic heterocycles. The smallest absolute Gasteiger partial charge is 0.263 e. The standard InChI is InChI=1S/C16H24N2O2/c1-4-14(20-15-8-6-5-7-13(15)2)16(19)18-11-9-17(3)10-12-18/h5-8,14H,4,9-12H2,1-3H3/t14-/m0/s1. The fourth-order valence-electron chi connectivity index (χ4n) is 2.38. The number of hydrogen-bond donors (Lipinski definition) is 0. The predicted octanol–water partition coefficient (Wildman–Crippen LogP) is 1.93. The van der Waals surface area contributed by atoms with Gasteiger partial charge < -0.3 is 14.5 Å². The van der Waals surface area contributed by atoms with Crippen molar-refractivity contribution >= 4 is 5.91 Å². The molecule has 0 aliphatic carbocycles. The molecule has 1 aliphatic rings. The average Bonchev–Trinajstić information content (AvgIpc) is 2.46. The van der Waals surface area contributed by atoms with Crippen molar-refractivity contribution in [3.05, 3.63) is 29.8 Å². The summed E-state index contributed by atoms with van der Waals surface area (Å²) in [6, 6.07) is 7.85. The Kier molecular flexibility index (Phi) is 5.01. The largest absolute Gasteiger partial charge is 0.480 e. The second kappa shape index (κ2) is 6.75. The third-order valence-corrected chi connectivity index (χ3v) is 3.82. The van der Waals surface area contributed by atoms with Crippen molar-refractivity contribution in [1.82, 2.24) is 9.80 Å². The fraction of sp³-hybridized carbons (Fsp3) is 0.562. The zero-order valence-corrected chi connectivity index (χ0v) is 12.6. The summed E-state index contributed by atoms with van der Waals surface area (Å²) in [6.45, 7) is 7.46. The van der Waals surface area contributed by atoms with E-state index >= 15 is 0 Å². The Labute approximate surface area is 121 Å². The Morgan fingerprint density at radius 2 is 1.90 bits per heavy atom. The highest BCUT2D eigenvalue weighted by Crippen LogP contribution is 2.20. The first-order valence-electron chi connectivity index (χ1n) is 7.31. The Bertz CT molecular complexity index is 454. The van der Waals surface area contributed by atoms with E-state index in [9.17, 15) is 4.79 Å². The molecule has 4 heteroatoms. The lowest BCUT2D eigenvalue weighted by molar-refractivity contribution is -0.140. The zero-order chi connectivity index (χ0) is 14.5. The van der Waals surface area contributed by atoms with Gasteiger partial charge in [-0.25, -0.2) is 0 Å². The Hall–Kier alpha value is -1.55. The highest BCUT2D eigenvalue weighted by Gasteiger charge is 2.27. The van der Waals surface area contributed by atoms with Crippen LogP contribution in [0.5, 0.6) is 5.75 Å². The van der Waals surface area contributed by atoms with E-state index in [0.29, 0.717) is 6.42 Å². The predicted molar refractivity (Wildman–Crippen MR) is 80.0 cm³/mol. The minimum Gasteiger partial charge on any atom is -0.480 e. The Morgan fingerprint density at radius 3 is 2.50 bits per heavy atom. The quantitative estimate of drug-likeness (QED) is 0.842. The molecule has 1 aromatic carbocycles. The lowest BCUT2D eigenvalue weighted by Gasteiger charge is -2.34. The number of ether oxygens (including phenoxy) is 1. The van der Waals surface area contributed by atoms with Crippen LogP contribution in [0, 0.1) is 6.92 Å². The zero-order valence-electron chi connectivity index (χ0n) is 12.6. The molecule has 0 bridgehead atoms. The second-order valence-corrected chi connectivity index (χ2v) is 5.41. The first-order valence-corrected chi connectivity index (χ1v) is 7.31. The van der Waals surface area contributed by atoms with E-state index in [1.807, 2.05) is 43.0 Å². The van der Waals surface area contributed by atoms with E-state index in [4.69, 9.17) is 4.74 Å². The van der Waals surface area contributed by atoms with Gasteiger partial charge in [-0.2, -0.15) is 0 Å². The third kappa shape index (κ3) is 3.51. The van der Waals surface area contributed by atoms with Gasteiger partial charge in [0.25, 0.3) is 5.91 Å². The van der Waals surface area contributed by atoms with Gasteiger partial charge in [0.1, 0.15) is 5.75 Å². The molecule has 1 saturated heterocycles. The van der Waals surface area contributed by atoms with Gasteiger partial charge in [-0.3, -0.25) is 4.79 Å². The molecule has 1 atom stereocenters. The van der Waals surface area contributed by atoms with Gasteiger partial charge in [-0.1, -0.05) is 25.1 Å². The fourth-order valence-corrected chi connectivity index (χ4v) is 2.38. The van der Waals surface area contributed by atoms with Gasteiger partial charge in [-0.15, -0.1) is 0 Å². The first kappa shape index (κ1) is 14.9. The van der Waals surface area contributed by atoms with Crippen molar-refractivity contribution < 1.29 is 9.53 Å². The maximum absolute atomic E-state index is 12.5. The lowest BCUT2D eigenvalue weighted by atomic mass is 10.2. The molecule has 0 N–H and O–H groups in total. The maximum atomic E-state index is 12.5. The van der Waals surface area contributed by atoms with Gasteiger partial charge in [0, 0.05) is 26.2 Å². The first-order chi connectivity index (χ1) is 9.61. The van der Waals surface area contributed by atoms with Gasteiger partial charge in [0.05, 0.1) is 0 Å². The molecule has 0 spiro atoms. The van der Waals surface area contributed by atoms with Crippen molar-refractivity contribution in [1.29, 1.82) is 0 Å². The van der Waals surface area contributed by atoms with E-state index < -0.39 is 0 Å². The summed E-state index contributed by atoms with van der Waals surface area (Å²) in [5.41, 5.74) is 1.07. The minimum atomic E-state index is -0.375. The molecular formula is C16H24N2O2. The Balaban J connectivity index is 2.01. The minimum absolute atomic E-state index is 0.115. The number of amides is 1. The number of likely N-dealkylation sites (N-methyl/N-ethyl adjacent to an activating group) is 1. The van der Waals surface area contributed by atoms with Crippen LogP contribution < -0.4 is 4.74 Å². The number of carbonyl (C=O) groups excluding carboxylic acids is 1. The summed E-state index contributed by atoms with van der Waals surface area (Å²) < 4.78 is 5.93. The SMILES string of the molecule is CC[C@H](Oc1ccccc1C)C(=O)N1CCN(C)CC1. The van der Waals surface area contributed by atoms with E-state index in [1.54, 1.807) is 0 Å². The normalized spacial score (nSPS) is 17.9. The number of carbonyl (C=O) groups is 1. The Morgan fingerprint density at radius 1 is 1.25 bits per heavy atom. The summed E-state index contributed by atoms with van der Waals surface area (Å²) in [6.07, 6.45) is 0.318.